The number of anilines is 1. The van der Waals surface area contributed by atoms with E-state index in [2.05, 4.69) is 15.3 Å². The number of nitrogens with zero attached hydrogens (tertiary/aromatic N) is 2. The smallest absolute Gasteiger partial charge is 0.307 e. The minimum absolute atomic E-state index is 0.00145. The molecule has 0 saturated heterocycles. The van der Waals surface area contributed by atoms with E-state index in [0.717, 1.165) is 22.6 Å². The normalized spacial score (nSPS) is 10.2. The van der Waals surface area contributed by atoms with E-state index >= 15 is 0 Å². The largest absolute Gasteiger partial charge is 0.481 e. The molecule has 5 heteroatoms. The second kappa shape index (κ2) is 5.48. The van der Waals surface area contributed by atoms with Gasteiger partial charge in [0.1, 0.15) is 5.82 Å². The van der Waals surface area contributed by atoms with E-state index in [1.165, 1.54) is 0 Å². The number of nitrogens with one attached hydrogen (secondary N) is 1. The number of benzene rings is 1. The molecule has 2 N–H and O–H groups in total. The van der Waals surface area contributed by atoms with Crippen LogP contribution in [0.15, 0.2) is 30.3 Å². The fourth-order valence-electron chi connectivity index (χ4n) is 1.82. The zero-order valence-corrected chi connectivity index (χ0v) is 10.8. The number of hydrogen-bond acceptors (Lipinski definition) is 4. The van der Waals surface area contributed by atoms with Gasteiger partial charge in [0.2, 0.25) is 0 Å². The average Bonchev–Trinajstić information content (AvgIpc) is 2.37. The number of carbonyl (C=O) groups is 1. The standard InChI is InChI=1S/C14H15N3O2/c1-9-6-12(15-2)17-14(16-9)11-5-3-4-10(7-11)8-13(18)19/h3-7H,8H2,1-2H3,(H,18,19)(H,15,16,17). The molecule has 0 saturated carbocycles. The Bertz CT molecular complexity index is 611. The van der Waals surface area contributed by atoms with Crippen molar-refractivity contribution in [1.29, 1.82) is 0 Å². The Balaban J connectivity index is 2.41. The summed E-state index contributed by atoms with van der Waals surface area (Å²) in [5, 5.41) is 11.8. The van der Waals surface area contributed by atoms with Crippen molar-refractivity contribution >= 4 is 11.8 Å². The maximum absolute atomic E-state index is 10.7. The summed E-state index contributed by atoms with van der Waals surface area (Å²) in [7, 11) is 1.80. The second-order valence-electron chi connectivity index (χ2n) is 4.24. The van der Waals surface area contributed by atoms with Crippen molar-refractivity contribution in [3.63, 3.8) is 0 Å². The first-order valence-corrected chi connectivity index (χ1v) is 5.93. The summed E-state index contributed by atoms with van der Waals surface area (Å²) in [5.74, 6) is 0.487. The van der Waals surface area contributed by atoms with Gasteiger partial charge in [-0.3, -0.25) is 4.79 Å². The lowest BCUT2D eigenvalue weighted by Crippen LogP contribution is -2.01. The number of aliphatic carboxylic acids is 1. The molecule has 1 aromatic heterocycles. The van der Waals surface area contributed by atoms with Crippen LogP contribution in [0.4, 0.5) is 5.82 Å². The minimum Gasteiger partial charge on any atom is -0.481 e. The highest BCUT2D eigenvalue weighted by Gasteiger charge is 2.07. The molecule has 0 aliphatic carbocycles. The second-order valence-corrected chi connectivity index (χ2v) is 4.24. The van der Waals surface area contributed by atoms with Gasteiger partial charge >= 0.3 is 5.97 Å². The summed E-state index contributed by atoms with van der Waals surface area (Å²) in [6, 6.07) is 9.14. The maximum atomic E-state index is 10.7. The molecule has 19 heavy (non-hydrogen) atoms. The van der Waals surface area contributed by atoms with Crippen molar-refractivity contribution in [2.75, 3.05) is 12.4 Å². The molecular weight excluding hydrogens is 242 g/mol. The van der Waals surface area contributed by atoms with Crippen LogP contribution in [0, 0.1) is 6.92 Å². The van der Waals surface area contributed by atoms with Crippen molar-refractivity contribution in [3.05, 3.63) is 41.6 Å². The van der Waals surface area contributed by atoms with Gasteiger partial charge in [-0.25, -0.2) is 9.97 Å². The van der Waals surface area contributed by atoms with Crippen LogP contribution >= 0.6 is 0 Å². The van der Waals surface area contributed by atoms with E-state index < -0.39 is 5.97 Å². The molecule has 2 rings (SSSR count). The van der Waals surface area contributed by atoms with Gasteiger partial charge < -0.3 is 10.4 Å². The predicted molar refractivity (Wildman–Crippen MR) is 73.1 cm³/mol. The summed E-state index contributed by atoms with van der Waals surface area (Å²) in [5.41, 5.74) is 2.41. The lowest BCUT2D eigenvalue weighted by molar-refractivity contribution is -0.136. The van der Waals surface area contributed by atoms with Crippen LogP contribution in [0.2, 0.25) is 0 Å². The van der Waals surface area contributed by atoms with E-state index in [1.54, 1.807) is 13.1 Å². The monoisotopic (exact) mass is 257 g/mol. The van der Waals surface area contributed by atoms with Crippen molar-refractivity contribution in [2.45, 2.75) is 13.3 Å². The third kappa shape index (κ3) is 3.28. The summed E-state index contributed by atoms with van der Waals surface area (Å²) in [4.78, 5) is 19.5. The summed E-state index contributed by atoms with van der Waals surface area (Å²) in [6.07, 6.45) is -0.00145. The summed E-state index contributed by atoms with van der Waals surface area (Å²) >= 11 is 0. The van der Waals surface area contributed by atoms with Crippen LogP contribution in [0.5, 0.6) is 0 Å². The van der Waals surface area contributed by atoms with Gasteiger partial charge in [0.05, 0.1) is 6.42 Å². The Hall–Kier alpha value is -2.43. The van der Waals surface area contributed by atoms with E-state index in [9.17, 15) is 4.79 Å². The zero-order valence-electron chi connectivity index (χ0n) is 10.8. The Kier molecular flexibility index (Phi) is 3.75. The number of rotatable bonds is 4. The number of aryl methyl sites for hydroxylation is 1. The third-order valence-corrected chi connectivity index (χ3v) is 2.65. The topological polar surface area (TPSA) is 75.1 Å². The Morgan fingerprint density at radius 2 is 2.11 bits per heavy atom. The molecule has 0 amide bonds. The fraction of sp³-hybridized carbons (Fsp3) is 0.214. The van der Waals surface area contributed by atoms with Crippen LogP contribution < -0.4 is 5.32 Å². The first-order chi connectivity index (χ1) is 9.08. The van der Waals surface area contributed by atoms with Crippen molar-refractivity contribution in [3.8, 4) is 11.4 Å². The SMILES string of the molecule is CNc1cc(C)nc(-c2cccc(CC(=O)O)c2)n1. The molecule has 1 heterocycles. The van der Waals surface area contributed by atoms with Gasteiger partial charge in [-0.2, -0.15) is 0 Å². The summed E-state index contributed by atoms with van der Waals surface area (Å²) < 4.78 is 0. The maximum Gasteiger partial charge on any atom is 0.307 e. The van der Waals surface area contributed by atoms with Crippen LogP contribution in [-0.4, -0.2) is 28.1 Å². The van der Waals surface area contributed by atoms with E-state index in [-0.39, 0.29) is 6.42 Å². The van der Waals surface area contributed by atoms with E-state index in [1.807, 2.05) is 31.2 Å². The van der Waals surface area contributed by atoms with Crippen molar-refractivity contribution < 1.29 is 9.90 Å². The molecule has 0 aliphatic heterocycles. The molecule has 0 atom stereocenters. The van der Waals surface area contributed by atoms with Crippen LogP contribution in [0.25, 0.3) is 11.4 Å². The number of aromatic nitrogens is 2. The average molecular weight is 257 g/mol. The Morgan fingerprint density at radius 1 is 1.32 bits per heavy atom. The van der Waals surface area contributed by atoms with Crippen LogP contribution in [0.3, 0.4) is 0 Å². The van der Waals surface area contributed by atoms with Crippen molar-refractivity contribution in [1.82, 2.24) is 9.97 Å². The molecule has 1 aromatic carbocycles. The van der Waals surface area contributed by atoms with Crippen LogP contribution in [0.1, 0.15) is 11.3 Å². The highest BCUT2D eigenvalue weighted by molar-refractivity contribution is 5.71. The predicted octanol–water partition coefficient (Wildman–Crippen LogP) is 2.12. The van der Waals surface area contributed by atoms with Gasteiger partial charge in [-0.1, -0.05) is 18.2 Å². The number of hydrogen-bond donors (Lipinski definition) is 2. The molecule has 0 fully saturated rings. The Labute approximate surface area is 111 Å². The first-order valence-electron chi connectivity index (χ1n) is 5.93. The number of carboxylic acids is 1. The molecular formula is C14H15N3O2. The number of carboxylic acid groups (broad SMARTS) is 1. The molecule has 98 valence electrons. The molecule has 2 aromatic rings. The highest BCUT2D eigenvalue weighted by atomic mass is 16.4. The molecule has 0 spiro atoms. The lowest BCUT2D eigenvalue weighted by atomic mass is 10.1. The van der Waals surface area contributed by atoms with Gasteiger partial charge in [0.25, 0.3) is 0 Å². The van der Waals surface area contributed by atoms with E-state index in [4.69, 9.17) is 5.11 Å². The van der Waals surface area contributed by atoms with Crippen LogP contribution in [-0.2, 0) is 11.2 Å². The zero-order chi connectivity index (χ0) is 13.8. The molecule has 0 unspecified atom stereocenters. The van der Waals surface area contributed by atoms with E-state index in [0.29, 0.717) is 5.82 Å². The summed E-state index contributed by atoms with van der Waals surface area (Å²) in [6.45, 7) is 1.90. The Morgan fingerprint density at radius 3 is 2.79 bits per heavy atom. The lowest BCUT2D eigenvalue weighted by Gasteiger charge is -2.06. The van der Waals surface area contributed by atoms with Gasteiger partial charge in [0, 0.05) is 24.4 Å². The molecule has 0 radical (unpaired) electrons. The third-order valence-electron chi connectivity index (χ3n) is 2.65. The first kappa shape index (κ1) is 13.0. The fourth-order valence-corrected chi connectivity index (χ4v) is 1.82. The van der Waals surface area contributed by atoms with Gasteiger partial charge in [-0.15, -0.1) is 0 Å². The quantitative estimate of drug-likeness (QED) is 0.877. The molecule has 5 nitrogen and oxygen atoms in total. The van der Waals surface area contributed by atoms with Crippen molar-refractivity contribution in [2.24, 2.45) is 0 Å². The van der Waals surface area contributed by atoms with Gasteiger partial charge in [0.15, 0.2) is 5.82 Å². The minimum atomic E-state index is -0.849. The highest BCUT2D eigenvalue weighted by Crippen LogP contribution is 2.19. The van der Waals surface area contributed by atoms with Gasteiger partial charge in [-0.05, 0) is 18.6 Å². The molecule has 0 aliphatic rings. The molecule has 0 bridgehead atoms.